The van der Waals surface area contributed by atoms with Gasteiger partial charge in [0.15, 0.2) is 5.82 Å². The number of amides is 2. The lowest BCUT2D eigenvalue weighted by Crippen LogP contribution is -2.39. The maximum absolute atomic E-state index is 13.0. The van der Waals surface area contributed by atoms with Crippen LogP contribution in [0.25, 0.3) is 11.4 Å². The van der Waals surface area contributed by atoms with E-state index >= 15 is 0 Å². The number of nitrogens with zero attached hydrogens (tertiary/aromatic N) is 5. The van der Waals surface area contributed by atoms with Crippen molar-refractivity contribution in [2.75, 3.05) is 6.54 Å². The van der Waals surface area contributed by atoms with Gasteiger partial charge in [0.1, 0.15) is 17.8 Å². The summed E-state index contributed by atoms with van der Waals surface area (Å²) in [6.07, 6.45) is 2.85. The van der Waals surface area contributed by atoms with E-state index in [1.807, 2.05) is 18.2 Å². The molecule has 1 aliphatic heterocycles. The highest BCUT2D eigenvalue weighted by atomic mass is 16.2. The lowest BCUT2D eigenvalue weighted by Gasteiger charge is -2.28. The first-order chi connectivity index (χ1) is 12.1. The number of imidazole rings is 1. The van der Waals surface area contributed by atoms with E-state index in [0.717, 1.165) is 0 Å². The SMILES string of the molecule is NC(=O)c1cnc2n1CCN(C(=O)c1ccccc1-c1ncn[nH]1)C2. The molecule has 3 aromatic rings. The van der Waals surface area contributed by atoms with E-state index in [2.05, 4.69) is 20.2 Å². The molecular formula is C16H15N7O2. The van der Waals surface area contributed by atoms with Crippen LogP contribution in [0.15, 0.2) is 36.8 Å². The molecule has 0 saturated carbocycles. The normalized spacial score (nSPS) is 13.5. The van der Waals surface area contributed by atoms with Gasteiger partial charge in [-0.25, -0.2) is 9.97 Å². The molecule has 2 amide bonds. The predicted octanol–water partition coefficient (Wildman–Crippen LogP) is 0.423. The molecule has 0 saturated heterocycles. The van der Waals surface area contributed by atoms with Gasteiger partial charge in [-0.1, -0.05) is 18.2 Å². The monoisotopic (exact) mass is 337 g/mol. The first-order valence-electron chi connectivity index (χ1n) is 7.73. The number of carbonyl (C=O) groups is 2. The number of aromatic nitrogens is 5. The van der Waals surface area contributed by atoms with Crippen LogP contribution in [0, 0.1) is 0 Å². The molecule has 25 heavy (non-hydrogen) atoms. The second-order valence-corrected chi connectivity index (χ2v) is 5.68. The highest BCUT2D eigenvalue weighted by molar-refractivity contribution is 6.00. The molecule has 3 heterocycles. The molecule has 2 aromatic heterocycles. The van der Waals surface area contributed by atoms with E-state index < -0.39 is 5.91 Å². The molecule has 0 aliphatic carbocycles. The van der Waals surface area contributed by atoms with Crippen molar-refractivity contribution >= 4 is 11.8 Å². The molecule has 1 aliphatic rings. The second kappa shape index (κ2) is 5.86. The first-order valence-corrected chi connectivity index (χ1v) is 7.73. The summed E-state index contributed by atoms with van der Waals surface area (Å²) in [7, 11) is 0. The van der Waals surface area contributed by atoms with Gasteiger partial charge < -0.3 is 15.2 Å². The summed E-state index contributed by atoms with van der Waals surface area (Å²) in [5.41, 5.74) is 6.94. The second-order valence-electron chi connectivity index (χ2n) is 5.68. The Hall–Kier alpha value is -3.49. The Labute approximate surface area is 142 Å². The molecule has 126 valence electrons. The minimum atomic E-state index is -0.519. The zero-order valence-corrected chi connectivity index (χ0v) is 13.2. The molecule has 4 rings (SSSR count). The molecule has 0 atom stereocenters. The number of hydrogen-bond acceptors (Lipinski definition) is 5. The molecule has 9 nitrogen and oxygen atoms in total. The van der Waals surface area contributed by atoms with E-state index in [4.69, 9.17) is 5.73 Å². The van der Waals surface area contributed by atoms with Crippen molar-refractivity contribution in [3.63, 3.8) is 0 Å². The van der Waals surface area contributed by atoms with Gasteiger partial charge in [-0.15, -0.1) is 0 Å². The Morgan fingerprint density at radius 1 is 1.16 bits per heavy atom. The Balaban J connectivity index is 1.64. The zero-order chi connectivity index (χ0) is 17.4. The standard InChI is InChI=1S/C16H15N7O2/c17-14(24)12-7-18-13-8-22(5-6-23(12)13)16(25)11-4-2-1-3-10(11)15-19-9-20-21-15/h1-4,7,9H,5-6,8H2,(H2,17,24)(H,19,20,21). The van der Waals surface area contributed by atoms with E-state index in [-0.39, 0.29) is 5.91 Å². The maximum Gasteiger partial charge on any atom is 0.266 e. The Kier molecular flexibility index (Phi) is 3.53. The number of aromatic amines is 1. The molecule has 9 heteroatoms. The van der Waals surface area contributed by atoms with Crippen LogP contribution in [0.2, 0.25) is 0 Å². The summed E-state index contributed by atoms with van der Waals surface area (Å²) in [6, 6.07) is 7.24. The van der Waals surface area contributed by atoms with Gasteiger partial charge in [-0.3, -0.25) is 14.7 Å². The van der Waals surface area contributed by atoms with Gasteiger partial charge in [0, 0.05) is 18.7 Å². The van der Waals surface area contributed by atoms with Crippen molar-refractivity contribution < 1.29 is 9.59 Å². The average Bonchev–Trinajstić information content (AvgIpc) is 3.30. The number of rotatable bonds is 3. The van der Waals surface area contributed by atoms with Crippen molar-refractivity contribution in [3.8, 4) is 11.4 Å². The van der Waals surface area contributed by atoms with Crippen LogP contribution in [0.4, 0.5) is 0 Å². The number of nitrogens with one attached hydrogen (secondary N) is 1. The smallest absolute Gasteiger partial charge is 0.266 e. The van der Waals surface area contributed by atoms with Crippen LogP contribution in [0.1, 0.15) is 26.7 Å². The van der Waals surface area contributed by atoms with Crippen LogP contribution < -0.4 is 5.73 Å². The predicted molar refractivity (Wildman–Crippen MR) is 87.3 cm³/mol. The number of carbonyl (C=O) groups excluding carboxylic acids is 2. The molecule has 3 N–H and O–H groups in total. The number of fused-ring (bicyclic) bond motifs is 1. The van der Waals surface area contributed by atoms with E-state index in [1.54, 1.807) is 15.5 Å². The average molecular weight is 337 g/mol. The van der Waals surface area contributed by atoms with Crippen LogP contribution in [-0.4, -0.2) is 48.0 Å². The van der Waals surface area contributed by atoms with Gasteiger partial charge in [0.2, 0.25) is 0 Å². The highest BCUT2D eigenvalue weighted by Crippen LogP contribution is 2.23. The third kappa shape index (κ3) is 2.55. The molecule has 0 fully saturated rings. The summed E-state index contributed by atoms with van der Waals surface area (Å²) in [5, 5.41) is 6.63. The van der Waals surface area contributed by atoms with Gasteiger partial charge in [-0.2, -0.15) is 5.10 Å². The number of benzene rings is 1. The molecule has 0 spiro atoms. The topological polar surface area (TPSA) is 123 Å². The van der Waals surface area contributed by atoms with Crippen molar-refractivity contribution in [2.45, 2.75) is 13.1 Å². The van der Waals surface area contributed by atoms with Gasteiger partial charge in [0.25, 0.3) is 11.8 Å². The van der Waals surface area contributed by atoms with Crippen LogP contribution in [0.5, 0.6) is 0 Å². The largest absolute Gasteiger partial charge is 0.364 e. The number of nitrogens with two attached hydrogens (primary N) is 1. The molecule has 0 unspecified atom stereocenters. The fourth-order valence-electron chi connectivity index (χ4n) is 3.01. The fourth-order valence-corrected chi connectivity index (χ4v) is 3.01. The van der Waals surface area contributed by atoms with Gasteiger partial charge >= 0.3 is 0 Å². The summed E-state index contributed by atoms with van der Waals surface area (Å²) >= 11 is 0. The van der Waals surface area contributed by atoms with Crippen molar-refractivity contribution in [2.24, 2.45) is 5.73 Å². The highest BCUT2D eigenvalue weighted by Gasteiger charge is 2.27. The van der Waals surface area contributed by atoms with Gasteiger partial charge in [0.05, 0.1) is 18.3 Å². The minimum absolute atomic E-state index is 0.123. The minimum Gasteiger partial charge on any atom is -0.364 e. The maximum atomic E-state index is 13.0. The fraction of sp³-hybridized carbons (Fsp3) is 0.188. The molecule has 0 radical (unpaired) electrons. The summed E-state index contributed by atoms with van der Waals surface area (Å²) < 4.78 is 1.76. The quantitative estimate of drug-likeness (QED) is 0.717. The molecule has 1 aromatic carbocycles. The van der Waals surface area contributed by atoms with E-state index in [9.17, 15) is 9.59 Å². The zero-order valence-electron chi connectivity index (χ0n) is 13.2. The Morgan fingerprint density at radius 3 is 2.76 bits per heavy atom. The third-order valence-electron chi connectivity index (χ3n) is 4.23. The lowest BCUT2D eigenvalue weighted by atomic mass is 10.1. The first kappa shape index (κ1) is 15.1. The van der Waals surface area contributed by atoms with Gasteiger partial charge in [-0.05, 0) is 6.07 Å². The number of H-pyrrole nitrogens is 1. The van der Waals surface area contributed by atoms with Crippen LogP contribution in [0.3, 0.4) is 0 Å². The van der Waals surface area contributed by atoms with Crippen molar-refractivity contribution in [1.82, 2.24) is 29.6 Å². The van der Waals surface area contributed by atoms with Crippen LogP contribution >= 0.6 is 0 Å². The Morgan fingerprint density at radius 2 is 2.00 bits per heavy atom. The summed E-state index contributed by atoms with van der Waals surface area (Å²) in [6.45, 7) is 1.26. The van der Waals surface area contributed by atoms with Crippen molar-refractivity contribution in [1.29, 1.82) is 0 Å². The number of hydrogen-bond donors (Lipinski definition) is 2. The van der Waals surface area contributed by atoms with Crippen LogP contribution in [-0.2, 0) is 13.1 Å². The Bertz CT molecular complexity index is 945. The van der Waals surface area contributed by atoms with E-state index in [0.29, 0.717) is 48.1 Å². The summed E-state index contributed by atoms with van der Waals surface area (Å²) in [4.78, 5) is 34.5. The number of primary amides is 1. The van der Waals surface area contributed by atoms with E-state index in [1.165, 1.54) is 12.5 Å². The molecular weight excluding hydrogens is 322 g/mol. The molecule has 0 bridgehead atoms. The third-order valence-corrected chi connectivity index (χ3v) is 4.23. The summed E-state index contributed by atoms with van der Waals surface area (Å²) in [5.74, 6) is 0.542. The van der Waals surface area contributed by atoms with Crippen molar-refractivity contribution in [3.05, 3.63) is 53.9 Å². The lowest BCUT2D eigenvalue weighted by molar-refractivity contribution is 0.0707.